The van der Waals surface area contributed by atoms with Gasteiger partial charge in [-0.05, 0) is 24.5 Å². The van der Waals surface area contributed by atoms with Gasteiger partial charge in [-0.15, -0.1) is 0 Å². The molecule has 1 amide bonds. The lowest BCUT2D eigenvalue weighted by atomic mass is 9.86. The number of hydrogen-bond acceptors (Lipinski definition) is 3. The van der Waals surface area contributed by atoms with Gasteiger partial charge in [-0.3, -0.25) is 14.7 Å². The number of aromatic nitrogens is 1. The number of carbonyl (C=O) groups is 1. The van der Waals surface area contributed by atoms with Crippen molar-refractivity contribution in [1.29, 1.82) is 0 Å². The Morgan fingerprint density at radius 2 is 1.87 bits per heavy atom. The predicted molar refractivity (Wildman–Crippen MR) is 91.9 cm³/mol. The van der Waals surface area contributed by atoms with Crippen LogP contribution in [0.5, 0.6) is 0 Å². The molecule has 2 fully saturated rings. The molecule has 2 aliphatic rings. The van der Waals surface area contributed by atoms with E-state index in [1.54, 1.807) is 0 Å². The highest BCUT2D eigenvalue weighted by Gasteiger charge is 2.22. The first-order valence-corrected chi connectivity index (χ1v) is 9.21. The van der Waals surface area contributed by atoms with Gasteiger partial charge in [0.05, 0.1) is 5.69 Å². The average molecular weight is 315 g/mol. The first-order chi connectivity index (χ1) is 11.3. The van der Waals surface area contributed by atoms with E-state index < -0.39 is 0 Å². The van der Waals surface area contributed by atoms with E-state index in [9.17, 15) is 4.79 Å². The molecular weight excluding hydrogens is 286 g/mol. The largest absolute Gasteiger partial charge is 0.340 e. The van der Waals surface area contributed by atoms with Gasteiger partial charge in [-0.2, -0.15) is 0 Å². The number of nitrogens with zero attached hydrogens (tertiary/aromatic N) is 3. The molecule has 1 aliphatic carbocycles. The zero-order valence-corrected chi connectivity index (χ0v) is 14.1. The van der Waals surface area contributed by atoms with E-state index in [1.807, 2.05) is 18.3 Å². The highest BCUT2D eigenvalue weighted by atomic mass is 16.2. The van der Waals surface area contributed by atoms with Crippen LogP contribution in [0.3, 0.4) is 0 Å². The fourth-order valence-electron chi connectivity index (χ4n) is 3.84. The third kappa shape index (κ3) is 5.03. The Kier molecular flexibility index (Phi) is 6.03. The highest BCUT2D eigenvalue weighted by Crippen LogP contribution is 2.27. The lowest BCUT2D eigenvalue weighted by molar-refractivity contribution is -0.133. The molecule has 1 saturated heterocycles. The Labute approximate surface area is 139 Å². The summed E-state index contributed by atoms with van der Waals surface area (Å²) in [5.74, 6) is 1.17. The fraction of sp³-hybridized carbons (Fsp3) is 0.684. The van der Waals surface area contributed by atoms with E-state index in [-0.39, 0.29) is 0 Å². The molecule has 0 radical (unpaired) electrons. The van der Waals surface area contributed by atoms with E-state index in [1.165, 1.54) is 32.1 Å². The van der Waals surface area contributed by atoms with Crippen molar-refractivity contribution in [2.45, 2.75) is 51.5 Å². The predicted octanol–water partition coefficient (Wildman–Crippen LogP) is 3.09. The molecule has 1 aromatic rings. The van der Waals surface area contributed by atoms with Gasteiger partial charge in [0.2, 0.25) is 5.91 Å². The van der Waals surface area contributed by atoms with Crippen molar-refractivity contribution in [3.05, 3.63) is 30.1 Å². The SMILES string of the molecule is O=C(CCC1CCCCC1)N1CCN(Cc2ccccn2)CC1. The molecule has 4 nitrogen and oxygen atoms in total. The zero-order chi connectivity index (χ0) is 15.9. The number of carbonyl (C=O) groups excluding carboxylic acids is 1. The van der Waals surface area contributed by atoms with Gasteiger partial charge in [0.15, 0.2) is 0 Å². The molecule has 0 bridgehead atoms. The average Bonchev–Trinajstić information content (AvgIpc) is 2.62. The third-order valence-corrected chi connectivity index (χ3v) is 5.33. The second-order valence-corrected chi connectivity index (χ2v) is 7.02. The van der Waals surface area contributed by atoms with Crippen LogP contribution in [-0.2, 0) is 11.3 Å². The first kappa shape index (κ1) is 16.4. The van der Waals surface area contributed by atoms with Gasteiger partial charge in [-0.25, -0.2) is 0 Å². The smallest absolute Gasteiger partial charge is 0.222 e. The quantitative estimate of drug-likeness (QED) is 0.838. The van der Waals surface area contributed by atoms with Crippen molar-refractivity contribution in [3.8, 4) is 0 Å². The van der Waals surface area contributed by atoms with E-state index in [0.29, 0.717) is 5.91 Å². The Morgan fingerprint density at radius 1 is 1.09 bits per heavy atom. The summed E-state index contributed by atoms with van der Waals surface area (Å²) in [6, 6.07) is 6.06. The van der Waals surface area contributed by atoms with E-state index in [2.05, 4.69) is 20.9 Å². The van der Waals surface area contributed by atoms with Crippen LogP contribution in [0.4, 0.5) is 0 Å². The van der Waals surface area contributed by atoms with Crippen molar-refractivity contribution in [1.82, 2.24) is 14.8 Å². The van der Waals surface area contributed by atoms with Crippen molar-refractivity contribution < 1.29 is 4.79 Å². The highest BCUT2D eigenvalue weighted by molar-refractivity contribution is 5.76. The van der Waals surface area contributed by atoms with Crippen molar-refractivity contribution in [3.63, 3.8) is 0 Å². The van der Waals surface area contributed by atoms with Crippen LogP contribution < -0.4 is 0 Å². The lowest BCUT2D eigenvalue weighted by Gasteiger charge is -2.35. The van der Waals surface area contributed by atoms with Gasteiger partial charge in [0.25, 0.3) is 0 Å². The molecule has 1 aromatic heterocycles. The topological polar surface area (TPSA) is 36.4 Å². The summed E-state index contributed by atoms with van der Waals surface area (Å²) in [7, 11) is 0. The van der Waals surface area contributed by atoms with Crippen LogP contribution in [-0.4, -0.2) is 46.9 Å². The molecule has 126 valence electrons. The summed E-state index contributed by atoms with van der Waals surface area (Å²) in [4.78, 5) is 21.3. The molecule has 2 heterocycles. The second kappa shape index (κ2) is 8.44. The molecule has 0 aromatic carbocycles. The molecule has 1 aliphatic heterocycles. The van der Waals surface area contributed by atoms with E-state index in [4.69, 9.17) is 0 Å². The maximum Gasteiger partial charge on any atom is 0.222 e. The number of rotatable bonds is 5. The Morgan fingerprint density at radius 3 is 2.57 bits per heavy atom. The summed E-state index contributed by atoms with van der Waals surface area (Å²) in [6.45, 7) is 4.56. The summed E-state index contributed by atoms with van der Waals surface area (Å²) in [5, 5.41) is 0. The van der Waals surface area contributed by atoms with E-state index in [0.717, 1.165) is 57.2 Å². The Bertz CT molecular complexity index is 477. The first-order valence-electron chi connectivity index (χ1n) is 9.21. The summed E-state index contributed by atoms with van der Waals surface area (Å²) in [5.41, 5.74) is 1.12. The van der Waals surface area contributed by atoms with Gasteiger partial charge in [0.1, 0.15) is 0 Å². The molecule has 0 spiro atoms. The normalized spacial score (nSPS) is 20.6. The molecule has 0 atom stereocenters. The molecule has 3 rings (SSSR count). The maximum atomic E-state index is 12.4. The fourth-order valence-corrected chi connectivity index (χ4v) is 3.84. The lowest BCUT2D eigenvalue weighted by Crippen LogP contribution is -2.48. The molecule has 1 saturated carbocycles. The molecule has 0 unspecified atom stereocenters. The standard InChI is InChI=1S/C19H29N3O/c23-19(10-9-17-6-2-1-3-7-17)22-14-12-21(13-15-22)16-18-8-4-5-11-20-18/h4-5,8,11,17H,1-3,6-7,9-10,12-16H2. The molecule has 4 heteroatoms. The second-order valence-electron chi connectivity index (χ2n) is 7.02. The van der Waals surface area contributed by atoms with Crippen molar-refractivity contribution in [2.24, 2.45) is 5.92 Å². The zero-order valence-electron chi connectivity index (χ0n) is 14.1. The van der Waals surface area contributed by atoms with Gasteiger partial charge < -0.3 is 4.90 Å². The number of hydrogen-bond donors (Lipinski definition) is 0. The third-order valence-electron chi connectivity index (χ3n) is 5.33. The van der Waals surface area contributed by atoms with E-state index >= 15 is 0 Å². The minimum Gasteiger partial charge on any atom is -0.340 e. The summed E-state index contributed by atoms with van der Waals surface area (Å²) in [6.07, 6.45) is 10.5. The number of piperazine rings is 1. The Hall–Kier alpha value is -1.42. The molecule has 23 heavy (non-hydrogen) atoms. The van der Waals surface area contributed by atoms with Crippen LogP contribution in [0.2, 0.25) is 0 Å². The monoisotopic (exact) mass is 315 g/mol. The van der Waals surface area contributed by atoms with Crippen molar-refractivity contribution in [2.75, 3.05) is 26.2 Å². The van der Waals surface area contributed by atoms with Crippen LogP contribution in [0.15, 0.2) is 24.4 Å². The number of amides is 1. The van der Waals surface area contributed by atoms with Crippen LogP contribution in [0.1, 0.15) is 50.6 Å². The molecule has 0 N–H and O–H groups in total. The summed E-state index contributed by atoms with van der Waals surface area (Å²) < 4.78 is 0. The molecular formula is C19H29N3O. The summed E-state index contributed by atoms with van der Waals surface area (Å²) >= 11 is 0. The Balaban J connectivity index is 1.37. The van der Waals surface area contributed by atoms with Crippen LogP contribution in [0.25, 0.3) is 0 Å². The maximum absolute atomic E-state index is 12.4. The van der Waals surface area contributed by atoms with Crippen molar-refractivity contribution >= 4 is 5.91 Å². The number of pyridine rings is 1. The van der Waals surface area contributed by atoms with Gasteiger partial charge in [-0.1, -0.05) is 38.2 Å². The van der Waals surface area contributed by atoms with Gasteiger partial charge in [0, 0.05) is 45.3 Å². The van der Waals surface area contributed by atoms with Crippen LogP contribution >= 0.6 is 0 Å². The minimum absolute atomic E-state index is 0.369. The minimum atomic E-state index is 0.369. The van der Waals surface area contributed by atoms with Crippen LogP contribution in [0, 0.1) is 5.92 Å². The van der Waals surface area contributed by atoms with Gasteiger partial charge >= 0.3 is 0 Å².